The Hall–Kier alpha value is -2.82. The van der Waals surface area contributed by atoms with Gasteiger partial charge in [-0.15, -0.1) is 0 Å². The van der Waals surface area contributed by atoms with Crippen molar-refractivity contribution in [3.05, 3.63) is 66.1 Å². The summed E-state index contributed by atoms with van der Waals surface area (Å²) in [7, 11) is 0. The van der Waals surface area contributed by atoms with E-state index in [-0.39, 0.29) is 11.9 Å². The number of nitrogens with one attached hydrogen (secondary N) is 1. The number of carbonyl (C=O) groups excluding carboxylic acids is 1. The van der Waals surface area contributed by atoms with Crippen LogP contribution in [0.2, 0.25) is 0 Å². The Morgan fingerprint density at radius 2 is 1.79 bits per heavy atom. The summed E-state index contributed by atoms with van der Waals surface area (Å²) in [6.07, 6.45) is 12.3. The highest BCUT2D eigenvalue weighted by molar-refractivity contribution is 5.97. The van der Waals surface area contributed by atoms with Gasteiger partial charge in [0.15, 0.2) is 0 Å². The van der Waals surface area contributed by atoms with Gasteiger partial charge in [-0.1, -0.05) is 50.3 Å². The molecule has 5 heteroatoms. The van der Waals surface area contributed by atoms with Crippen LogP contribution in [0.3, 0.4) is 0 Å². The maximum Gasteiger partial charge on any atom is 0.255 e. The highest BCUT2D eigenvalue weighted by atomic mass is 16.5. The molecule has 1 fully saturated rings. The van der Waals surface area contributed by atoms with E-state index in [0.717, 1.165) is 24.2 Å². The van der Waals surface area contributed by atoms with Gasteiger partial charge < -0.3 is 14.5 Å². The fraction of sp³-hybridized carbons (Fsp3) is 0.391. The fourth-order valence-corrected chi connectivity index (χ4v) is 3.85. The zero-order valence-electron chi connectivity index (χ0n) is 16.1. The molecule has 0 saturated heterocycles. The Morgan fingerprint density at radius 3 is 2.61 bits per heavy atom. The van der Waals surface area contributed by atoms with Crippen LogP contribution in [0, 0.1) is 0 Å². The molecular formula is C23H27N3O2. The first kappa shape index (κ1) is 18.5. The molecule has 1 aliphatic rings. The standard InChI is InChI=1S/C23H27N3O2/c27-23(25-18-10-4-2-1-3-5-11-18)20-12-6-7-13-21(20)28-17-19-16-26-15-9-8-14-22(26)24-19/h6-9,12-16,18H,1-5,10-11,17H2,(H,25,27). The largest absolute Gasteiger partial charge is 0.486 e. The van der Waals surface area contributed by atoms with Crippen molar-refractivity contribution in [1.29, 1.82) is 0 Å². The van der Waals surface area contributed by atoms with Crippen LogP contribution in [-0.4, -0.2) is 21.3 Å². The van der Waals surface area contributed by atoms with Gasteiger partial charge in [-0.3, -0.25) is 4.79 Å². The van der Waals surface area contributed by atoms with Gasteiger partial charge in [0.05, 0.1) is 11.3 Å². The maximum absolute atomic E-state index is 12.9. The molecule has 2 heterocycles. The number of aromatic nitrogens is 2. The van der Waals surface area contributed by atoms with E-state index in [0.29, 0.717) is 17.9 Å². The minimum atomic E-state index is -0.0452. The van der Waals surface area contributed by atoms with Gasteiger partial charge in [0, 0.05) is 18.4 Å². The number of hydrogen-bond acceptors (Lipinski definition) is 3. The van der Waals surface area contributed by atoms with E-state index in [1.807, 2.05) is 59.3 Å². The van der Waals surface area contributed by atoms with Gasteiger partial charge in [-0.25, -0.2) is 4.98 Å². The van der Waals surface area contributed by atoms with Crippen LogP contribution in [0.25, 0.3) is 5.65 Å². The highest BCUT2D eigenvalue weighted by Gasteiger charge is 2.18. The smallest absolute Gasteiger partial charge is 0.255 e. The molecule has 28 heavy (non-hydrogen) atoms. The van der Waals surface area contributed by atoms with Crippen molar-refractivity contribution in [3.63, 3.8) is 0 Å². The minimum Gasteiger partial charge on any atom is -0.486 e. The summed E-state index contributed by atoms with van der Waals surface area (Å²) in [5.74, 6) is 0.555. The van der Waals surface area contributed by atoms with Crippen molar-refractivity contribution in [2.24, 2.45) is 0 Å². The van der Waals surface area contributed by atoms with Crippen molar-refractivity contribution in [2.75, 3.05) is 0 Å². The van der Waals surface area contributed by atoms with Crippen LogP contribution in [0.4, 0.5) is 0 Å². The van der Waals surface area contributed by atoms with Gasteiger partial charge in [-0.05, 0) is 37.1 Å². The average Bonchev–Trinajstić information content (AvgIpc) is 3.11. The third-order valence-corrected chi connectivity index (χ3v) is 5.36. The van der Waals surface area contributed by atoms with Gasteiger partial charge >= 0.3 is 0 Å². The van der Waals surface area contributed by atoms with E-state index in [1.54, 1.807) is 0 Å². The lowest BCUT2D eigenvalue weighted by atomic mass is 9.96. The summed E-state index contributed by atoms with van der Waals surface area (Å²) in [5, 5.41) is 3.22. The number of pyridine rings is 1. The molecule has 0 aliphatic heterocycles. The number of amides is 1. The molecule has 0 bridgehead atoms. The maximum atomic E-state index is 12.9. The zero-order chi connectivity index (χ0) is 19.2. The van der Waals surface area contributed by atoms with Gasteiger partial charge in [0.1, 0.15) is 18.0 Å². The molecule has 1 aliphatic carbocycles. The molecule has 0 atom stereocenters. The Bertz CT molecular complexity index is 893. The van der Waals surface area contributed by atoms with E-state index < -0.39 is 0 Å². The molecule has 0 spiro atoms. The monoisotopic (exact) mass is 377 g/mol. The third kappa shape index (κ3) is 4.53. The Morgan fingerprint density at radius 1 is 1.04 bits per heavy atom. The van der Waals surface area contributed by atoms with Crippen molar-refractivity contribution in [1.82, 2.24) is 14.7 Å². The second kappa shape index (κ2) is 8.91. The average molecular weight is 377 g/mol. The third-order valence-electron chi connectivity index (χ3n) is 5.36. The zero-order valence-corrected chi connectivity index (χ0v) is 16.1. The van der Waals surface area contributed by atoms with Gasteiger partial charge in [0.2, 0.25) is 0 Å². The summed E-state index contributed by atoms with van der Waals surface area (Å²) >= 11 is 0. The number of para-hydroxylation sites is 1. The van der Waals surface area contributed by atoms with E-state index in [4.69, 9.17) is 4.74 Å². The number of carbonyl (C=O) groups is 1. The molecule has 0 radical (unpaired) electrons. The molecule has 5 nitrogen and oxygen atoms in total. The molecule has 1 N–H and O–H groups in total. The molecule has 1 saturated carbocycles. The first-order valence-electron chi connectivity index (χ1n) is 10.2. The number of imidazole rings is 1. The SMILES string of the molecule is O=C(NC1CCCCCCC1)c1ccccc1OCc1cn2ccccc2n1. The molecular weight excluding hydrogens is 350 g/mol. The molecule has 1 aromatic carbocycles. The number of nitrogens with zero attached hydrogens (tertiary/aromatic N) is 2. The number of rotatable bonds is 5. The summed E-state index contributed by atoms with van der Waals surface area (Å²) in [6, 6.07) is 13.6. The lowest BCUT2D eigenvalue weighted by molar-refractivity contribution is 0.0926. The second-order valence-electron chi connectivity index (χ2n) is 7.50. The summed E-state index contributed by atoms with van der Waals surface area (Å²) in [5.41, 5.74) is 2.31. The second-order valence-corrected chi connectivity index (χ2v) is 7.50. The van der Waals surface area contributed by atoms with Crippen molar-refractivity contribution < 1.29 is 9.53 Å². The van der Waals surface area contributed by atoms with Gasteiger partial charge in [-0.2, -0.15) is 0 Å². The summed E-state index contributed by atoms with van der Waals surface area (Å²) in [6.45, 7) is 0.329. The molecule has 146 valence electrons. The molecule has 1 amide bonds. The lowest BCUT2D eigenvalue weighted by Crippen LogP contribution is -2.35. The molecule has 0 unspecified atom stereocenters. The quantitative estimate of drug-likeness (QED) is 0.698. The fourth-order valence-electron chi connectivity index (χ4n) is 3.85. The van der Waals surface area contributed by atoms with Crippen LogP contribution < -0.4 is 10.1 Å². The predicted octanol–water partition coefficient (Wildman–Crippen LogP) is 4.76. The minimum absolute atomic E-state index is 0.0452. The Kier molecular flexibility index (Phi) is 5.90. The van der Waals surface area contributed by atoms with E-state index in [2.05, 4.69) is 10.3 Å². The van der Waals surface area contributed by atoms with Crippen LogP contribution in [0.1, 0.15) is 61.0 Å². The van der Waals surface area contributed by atoms with Crippen LogP contribution in [0.5, 0.6) is 5.75 Å². The summed E-state index contributed by atoms with van der Waals surface area (Å²) < 4.78 is 7.94. The van der Waals surface area contributed by atoms with E-state index >= 15 is 0 Å². The number of ether oxygens (including phenoxy) is 1. The number of fused-ring (bicyclic) bond motifs is 1. The highest BCUT2D eigenvalue weighted by Crippen LogP contribution is 2.22. The van der Waals surface area contributed by atoms with E-state index in [9.17, 15) is 4.79 Å². The molecule has 3 aromatic rings. The molecule has 4 rings (SSSR count). The van der Waals surface area contributed by atoms with Gasteiger partial charge in [0.25, 0.3) is 5.91 Å². The molecule has 2 aromatic heterocycles. The van der Waals surface area contributed by atoms with Crippen LogP contribution in [0.15, 0.2) is 54.9 Å². The van der Waals surface area contributed by atoms with Crippen LogP contribution in [-0.2, 0) is 6.61 Å². The first-order valence-corrected chi connectivity index (χ1v) is 10.2. The van der Waals surface area contributed by atoms with Crippen molar-refractivity contribution >= 4 is 11.6 Å². The predicted molar refractivity (Wildman–Crippen MR) is 110 cm³/mol. The van der Waals surface area contributed by atoms with Crippen molar-refractivity contribution in [3.8, 4) is 5.75 Å². The normalized spacial score (nSPS) is 15.7. The van der Waals surface area contributed by atoms with Crippen molar-refractivity contribution in [2.45, 2.75) is 57.6 Å². The Labute approximate surface area is 165 Å². The summed E-state index contributed by atoms with van der Waals surface area (Å²) in [4.78, 5) is 17.4. The number of benzene rings is 1. The van der Waals surface area contributed by atoms with E-state index in [1.165, 1.54) is 32.1 Å². The first-order chi connectivity index (χ1) is 13.8. The Balaban J connectivity index is 1.42. The topological polar surface area (TPSA) is 55.6 Å². The lowest BCUT2D eigenvalue weighted by Gasteiger charge is -2.21. The van der Waals surface area contributed by atoms with Crippen LogP contribution >= 0.6 is 0 Å². The number of hydrogen-bond donors (Lipinski definition) is 1.